The van der Waals surface area contributed by atoms with Crippen LogP contribution in [-0.2, 0) is 4.84 Å². The van der Waals surface area contributed by atoms with Gasteiger partial charge >= 0.3 is 5.84 Å². The summed E-state index contributed by atoms with van der Waals surface area (Å²) in [6.07, 6.45) is 0. The zero-order valence-electron chi connectivity index (χ0n) is 10.8. The van der Waals surface area contributed by atoms with Gasteiger partial charge in [-0.05, 0) is 35.8 Å². The molecule has 100 valence electrons. The van der Waals surface area contributed by atoms with E-state index in [-0.39, 0.29) is 5.82 Å². The average molecular weight is 262 g/mol. The molecule has 0 saturated heterocycles. The molecular weight excluding hydrogens is 246 g/mol. The molecule has 2 rings (SSSR count). The van der Waals surface area contributed by atoms with Crippen LogP contribution in [0.5, 0.6) is 0 Å². The summed E-state index contributed by atoms with van der Waals surface area (Å²) in [5.41, 5.74) is 10.8. The quantitative estimate of drug-likeness (QED) is 0.396. The molecular formula is C12H16N5O2+. The van der Waals surface area contributed by atoms with Crippen molar-refractivity contribution < 1.29 is 14.5 Å². The lowest BCUT2D eigenvalue weighted by atomic mass is 10.2. The smallest absolute Gasteiger partial charge is 0.336 e. The Bertz CT molecular complexity index is 579. The minimum atomic E-state index is 0.184. The third-order valence-corrected chi connectivity index (χ3v) is 2.47. The first-order chi connectivity index (χ1) is 9.22. The molecule has 19 heavy (non-hydrogen) atoms. The second kappa shape index (κ2) is 5.96. The number of anilines is 1. The molecule has 7 heteroatoms. The van der Waals surface area contributed by atoms with Gasteiger partial charge in [-0.25, -0.2) is 9.62 Å². The summed E-state index contributed by atoms with van der Waals surface area (Å²) >= 11 is 0. The van der Waals surface area contributed by atoms with Crippen LogP contribution in [0.3, 0.4) is 0 Å². The van der Waals surface area contributed by atoms with Gasteiger partial charge in [0.15, 0.2) is 0 Å². The van der Waals surface area contributed by atoms with Crippen molar-refractivity contribution in [2.75, 3.05) is 12.3 Å². The minimum absolute atomic E-state index is 0.184. The monoisotopic (exact) mass is 262 g/mol. The maximum Gasteiger partial charge on any atom is 0.336 e. The fraction of sp³-hybridized carbons (Fsp3) is 0.250. The molecule has 0 atom stereocenters. The lowest BCUT2D eigenvalue weighted by molar-refractivity contribution is -0.360. The van der Waals surface area contributed by atoms with Crippen molar-refractivity contribution in [2.24, 2.45) is 0 Å². The van der Waals surface area contributed by atoms with Gasteiger partial charge in [-0.2, -0.15) is 4.84 Å². The second-order valence-electron chi connectivity index (χ2n) is 3.85. The van der Waals surface area contributed by atoms with Gasteiger partial charge in [0.25, 0.3) is 0 Å². The van der Waals surface area contributed by atoms with Gasteiger partial charge in [0.05, 0.1) is 6.61 Å². The highest BCUT2D eigenvalue weighted by Gasteiger charge is 2.21. The molecule has 7 nitrogen and oxygen atoms in total. The van der Waals surface area contributed by atoms with Crippen LogP contribution in [0.1, 0.15) is 18.2 Å². The van der Waals surface area contributed by atoms with E-state index in [2.05, 4.69) is 25.4 Å². The number of hydrogen-bond acceptors (Lipinski definition) is 5. The Morgan fingerprint density at radius 3 is 2.84 bits per heavy atom. The standard InChI is InChI=1S/C12H15N5O2/c1-3-18-17-12(10-11(13)16-19-15-10)14-9-7-5-4-6-8(9)2/h4-7H,3H2,1-2H3,(H2,13,16)(H,14,17)/p+1. The predicted molar refractivity (Wildman–Crippen MR) is 69.4 cm³/mol. The summed E-state index contributed by atoms with van der Waals surface area (Å²) in [5.74, 6) is 0.665. The number of para-hydroxylation sites is 1. The van der Waals surface area contributed by atoms with Crippen molar-refractivity contribution in [3.63, 3.8) is 0 Å². The number of hydroxylamine groups is 1. The number of hydrogen-bond donors (Lipinski definition) is 3. The largest absolute Gasteiger partial charge is 0.379 e. The highest BCUT2D eigenvalue weighted by atomic mass is 16.6. The number of nitrogens with zero attached hydrogens (tertiary/aromatic N) is 2. The summed E-state index contributed by atoms with van der Waals surface area (Å²) < 4.78 is 4.59. The molecule has 1 heterocycles. The number of rotatable bonds is 4. The zero-order chi connectivity index (χ0) is 13.7. The summed E-state index contributed by atoms with van der Waals surface area (Å²) in [6, 6.07) is 7.82. The molecule has 1 aromatic heterocycles. The molecule has 0 aliphatic carbocycles. The summed E-state index contributed by atoms with van der Waals surface area (Å²) in [6.45, 7) is 4.35. The van der Waals surface area contributed by atoms with Crippen molar-refractivity contribution >= 4 is 17.3 Å². The molecule has 0 fully saturated rings. The highest BCUT2D eigenvalue weighted by Crippen LogP contribution is 2.07. The first-order valence-corrected chi connectivity index (χ1v) is 5.88. The molecule has 1 aromatic carbocycles. The highest BCUT2D eigenvalue weighted by molar-refractivity contribution is 5.95. The zero-order valence-corrected chi connectivity index (χ0v) is 10.8. The number of nitrogens with one attached hydrogen (secondary N) is 2. The third kappa shape index (κ3) is 3.08. The number of aryl methyl sites for hydroxylation is 1. The third-order valence-electron chi connectivity index (χ3n) is 2.47. The van der Waals surface area contributed by atoms with E-state index >= 15 is 0 Å². The molecule has 0 unspecified atom stereocenters. The van der Waals surface area contributed by atoms with Gasteiger partial charge in [0.2, 0.25) is 11.5 Å². The minimum Gasteiger partial charge on any atom is -0.379 e. The molecule has 0 radical (unpaired) electrons. The first-order valence-electron chi connectivity index (χ1n) is 5.88. The lowest BCUT2D eigenvalue weighted by Crippen LogP contribution is -2.71. The van der Waals surface area contributed by atoms with E-state index < -0.39 is 0 Å². The first kappa shape index (κ1) is 13.0. The van der Waals surface area contributed by atoms with Crippen LogP contribution < -0.4 is 16.2 Å². The van der Waals surface area contributed by atoms with Gasteiger partial charge in [-0.3, -0.25) is 0 Å². The maximum atomic E-state index is 5.68. The van der Waals surface area contributed by atoms with Gasteiger partial charge in [-0.15, -0.1) is 5.48 Å². The normalized spacial score (nSPS) is 11.6. The van der Waals surface area contributed by atoms with Crippen LogP contribution in [0, 0.1) is 6.92 Å². The Morgan fingerprint density at radius 2 is 2.21 bits per heavy atom. The van der Waals surface area contributed by atoms with Gasteiger partial charge in [0, 0.05) is 0 Å². The van der Waals surface area contributed by atoms with E-state index in [0.717, 1.165) is 11.3 Å². The Morgan fingerprint density at radius 1 is 1.42 bits per heavy atom. The van der Waals surface area contributed by atoms with E-state index in [0.29, 0.717) is 18.1 Å². The van der Waals surface area contributed by atoms with Gasteiger partial charge in [0.1, 0.15) is 5.69 Å². The number of benzene rings is 1. The average Bonchev–Trinajstić information content (AvgIpc) is 2.83. The molecule has 0 saturated carbocycles. The molecule has 4 N–H and O–H groups in total. The summed E-state index contributed by atoms with van der Waals surface area (Å²) in [4.78, 5) is 8.34. The summed E-state index contributed by atoms with van der Waals surface area (Å²) in [7, 11) is 0. The Labute approximate surface area is 110 Å². The van der Waals surface area contributed by atoms with Crippen molar-refractivity contribution in [2.45, 2.75) is 13.8 Å². The fourth-order valence-corrected chi connectivity index (χ4v) is 1.49. The summed E-state index contributed by atoms with van der Waals surface area (Å²) in [5, 5.41) is 7.29. The van der Waals surface area contributed by atoms with E-state index in [9.17, 15) is 0 Å². The van der Waals surface area contributed by atoms with E-state index in [1.54, 1.807) is 0 Å². The van der Waals surface area contributed by atoms with Crippen LogP contribution >= 0.6 is 0 Å². The van der Waals surface area contributed by atoms with E-state index in [1.165, 1.54) is 0 Å². The van der Waals surface area contributed by atoms with Crippen LogP contribution in [0.2, 0.25) is 0 Å². The van der Waals surface area contributed by atoms with Crippen LogP contribution in [0.15, 0.2) is 28.9 Å². The van der Waals surface area contributed by atoms with Gasteiger partial charge in [-0.1, -0.05) is 18.2 Å². The van der Waals surface area contributed by atoms with Gasteiger partial charge < -0.3 is 5.73 Å². The van der Waals surface area contributed by atoms with Crippen molar-refractivity contribution in [1.82, 2.24) is 15.8 Å². The fourth-order valence-electron chi connectivity index (χ4n) is 1.49. The number of nitrogens with two attached hydrogens (primary N) is 1. The number of amidine groups is 1. The van der Waals surface area contributed by atoms with Crippen LogP contribution in [0.4, 0.5) is 11.5 Å². The Balaban J connectivity index is 2.38. The van der Waals surface area contributed by atoms with Crippen molar-refractivity contribution in [3.8, 4) is 0 Å². The molecule has 0 aliphatic rings. The lowest BCUT2D eigenvalue weighted by Gasteiger charge is -2.01. The number of aromatic nitrogens is 2. The predicted octanol–water partition coefficient (Wildman–Crippen LogP) is -0.340. The van der Waals surface area contributed by atoms with Crippen molar-refractivity contribution in [1.29, 1.82) is 0 Å². The molecule has 0 amide bonds. The van der Waals surface area contributed by atoms with Crippen molar-refractivity contribution in [3.05, 3.63) is 35.5 Å². The second-order valence-corrected chi connectivity index (χ2v) is 3.85. The topological polar surface area (TPSA) is 100 Å². The van der Waals surface area contributed by atoms with Crippen LogP contribution in [0.25, 0.3) is 0 Å². The molecule has 0 aliphatic heterocycles. The van der Waals surface area contributed by atoms with E-state index in [4.69, 9.17) is 10.6 Å². The van der Waals surface area contributed by atoms with Crippen LogP contribution in [-0.4, -0.2) is 22.8 Å². The Kier molecular flexibility index (Phi) is 4.09. The molecule has 0 bridgehead atoms. The Hall–Kier alpha value is -2.41. The maximum absolute atomic E-state index is 5.68. The SMILES string of the molecule is CCONC(=[NH+]c1ccccc1C)c1nonc1N. The number of nitrogen functional groups attached to an aromatic ring is 1. The molecule has 2 aromatic rings. The molecule has 0 spiro atoms. The van der Waals surface area contributed by atoms with E-state index in [1.807, 2.05) is 38.1 Å².